The second-order valence-electron chi connectivity index (χ2n) is 5.36. The van der Waals surface area contributed by atoms with Gasteiger partial charge in [0.25, 0.3) is 0 Å². The van der Waals surface area contributed by atoms with Crippen LogP contribution in [0.4, 0.5) is 13.2 Å². The van der Waals surface area contributed by atoms with Gasteiger partial charge in [-0.15, -0.1) is 0 Å². The molecule has 0 atom stereocenters. The van der Waals surface area contributed by atoms with E-state index in [1.54, 1.807) is 10.9 Å². The van der Waals surface area contributed by atoms with Gasteiger partial charge in [-0.05, 0) is 50.2 Å². The highest BCUT2D eigenvalue weighted by atomic mass is 35.5. The number of piperidine rings is 1. The monoisotopic (exact) mass is 329 g/mol. The quantitative estimate of drug-likeness (QED) is 0.902. The fourth-order valence-corrected chi connectivity index (χ4v) is 3.06. The molecule has 3 nitrogen and oxygen atoms in total. The van der Waals surface area contributed by atoms with Crippen molar-refractivity contribution in [3.05, 3.63) is 46.7 Å². The van der Waals surface area contributed by atoms with Crippen LogP contribution in [0.5, 0.6) is 0 Å². The number of nitrogens with one attached hydrogen (secondary N) is 1. The molecule has 0 amide bonds. The molecule has 0 saturated carbocycles. The third-order valence-corrected chi connectivity index (χ3v) is 4.24. The molecular weight excluding hydrogens is 315 g/mol. The molecule has 0 radical (unpaired) electrons. The molecule has 0 bridgehead atoms. The van der Waals surface area contributed by atoms with E-state index in [1.165, 1.54) is 6.07 Å². The van der Waals surface area contributed by atoms with Crippen molar-refractivity contribution >= 4 is 11.6 Å². The molecule has 1 aliphatic heterocycles. The zero-order valence-corrected chi connectivity index (χ0v) is 12.5. The molecule has 2 aromatic rings. The second-order valence-corrected chi connectivity index (χ2v) is 5.76. The van der Waals surface area contributed by atoms with Crippen molar-refractivity contribution in [2.45, 2.75) is 24.9 Å². The van der Waals surface area contributed by atoms with Crippen LogP contribution in [0.25, 0.3) is 5.69 Å². The first-order valence-corrected chi connectivity index (χ1v) is 7.46. The molecule has 118 valence electrons. The van der Waals surface area contributed by atoms with E-state index in [0.29, 0.717) is 11.6 Å². The van der Waals surface area contributed by atoms with Crippen molar-refractivity contribution in [3.8, 4) is 5.69 Å². The molecule has 2 heterocycles. The van der Waals surface area contributed by atoms with Gasteiger partial charge in [0.1, 0.15) is 0 Å². The summed E-state index contributed by atoms with van der Waals surface area (Å²) >= 11 is 6.06. The van der Waals surface area contributed by atoms with Crippen molar-refractivity contribution in [3.63, 3.8) is 0 Å². The van der Waals surface area contributed by atoms with Crippen LogP contribution in [0.15, 0.2) is 30.5 Å². The van der Waals surface area contributed by atoms with E-state index in [0.717, 1.165) is 43.8 Å². The summed E-state index contributed by atoms with van der Waals surface area (Å²) in [5, 5.41) is 7.59. The average Bonchev–Trinajstić information content (AvgIpc) is 2.96. The molecule has 0 unspecified atom stereocenters. The Kier molecular flexibility index (Phi) is 4.14. The van der Waals surface area contributed by atoms with E-state index in [2.05, 4.69) is 10.4 Å². The first kappa shape index (κ1) is 15.4. The van der Waals surface area contributed by atoms with Crippen molar-refractivity contribution in [1.29, 1.82) is 0 Å². The number of hydrogen-bond donors (Lipinski definition) is 1. The van der Waals surface area contributed by atoms with Gasteiger partial charge in [-0.2, -0.15) is 18.3 Å². The first-order chi connectivity index (χ1) is 10.5. The Bertz CT molecular complexity index is 660. The largest absolute Gasteiger partial charge is 0.416 e. The van der Waals surface area contributed by atoms with Crippen LogP contribution in [0.3, 0.4) is 0 Å². The van der Waals surface area contributed by atoms with Gasteiger partial charge >= 0.3 is 6.18 Å². The molecule has 1 aromatic heterocycles. The van der Waals surface area contributed by atoms with E-state index in [4.69, 9.17) is 11.6 Å². The van der Waals surface area contributed by atoms with Crippen LogP contribution < -0.4 is 5.32 Å². The van der Waals surface area contributed by atoms with Crippen LogP contribution >= 0.6 is 11.6 Å². The minimum Gasteiger partial charge on any atom is -0.317 e. The number of alkyl halides is 3. The highest BCUT2D eigenvalue weighted by Crippen LogP contribution is 2.34. The molecule has 0 spiro atoms. The minimum absolute atomic E-state index is 0.0497. The summed E-state index contributed by atoms with van der Waals surface area (Å²) in [5.41, 5.74) is 0.716. The van der Waals surface area contributed by atoms with Crippen molar-refractivity contribution in [2.75, 3.05) is 13.1 Å². The second kappa shape index (κ2) is 5.93. The minimum atomic E-state index is -4.40. The van der Waals surface area contributed by atoms with Crippen LogP contribution in [0.1, 0.15) is 30.0 Å². The summed E-state index contributed by atoms with van der Waals surface area (Å²) in [5.74, 6) is 0.335. The zero-order chi connectivity index (χ0) is 15.7. The van der Waals surface area contributed by atoms with Gasteiger partial charge in [-0.3, -0.25) is 0 Å². The third kappa shape index (κ3) is 2.98. The van der Waals surface area contributed by atoms with E-state index in [-0.39, 0.29) is 5.02 Å². The van der Waals surface area contributed by atoms with Crippen LogP contribution in [-0.4, -0.2) is 22.9 Å². The predicted octanol–water partition coefficient (Wildman–Crippen LogP) is 4.01. The Labute approximate surface area is 131 Å². The van der Waals surface area contributed by atoms with Crippen molar-refractivity contribution < 1.29 is 13.2 Å². The summed E-state index contributed by atoms with van der Waals surface area (Å²) in [7, 11) is 0. The summed E-state index contributed by atoms with van der Waals surface area (Å²) in [6.45, 7) is 1.85. The Balaban J connectivity index is 1.97. The summed E-state index contributed by atoms with van der Waals surface area (Å²) in [4.78, 5) is 0. The van der Waals surface area contributed by atoms with Gasteiger partial charge in [0.2, 0.25) is 0 Å². The highest BCUT2D eigenvalue weighted by molar-refractivity contribution is 6.32. The topological polar surface area (TPSA) is 29.9 Å². The standard InChI is InChI=1S/C15H15ClF3N3/c16-12-9-11(15(17,18)19)1-2-14(12)22-13(5-8-21-22)10-3-6-20-7-4-10/h1-2,5,8-10,20H,3-4,6-7H2. The lowest BCUT2D eigenvalue weighted by molar-refractivity contribution is -0.137. The lowest BCUT2D eigenvalue weighted by Crippen LogP contribution is -2.27. The molecule has 0 aliphatic carbocycles. The lowest BCUT2D eigenvalue weighted by atomic mass is 9.94. The maximum Gasteiger partial charge on any atom is 0.416 e. The number of halogens is 4. The molecule has 1 N–H and O–H groups in total. The van der Waals surface area contributed by atoms with Crippen LogP contribution in [-0.2, 0) is 6.18 Å². The number of nitrogens with zero attached hydrogens (tertiary/aromatic N) is 2. The van der Waals surface area contributed by atoms with E-state index in [1.807, 2.05) is 6.07 Å². The van der Waals surface area contributed by atoms with Crippen LogP contribution in [0, 0.1) is 0 Å². The van der Waals surface area contributed by atoms with Gasteiger partial charge in [-0.25, -0.2) is 4.68 Å². The fourth-order valence-electron chi connectivity index (χ4n) is 2.80. The number of hydrogen-bond acceptors (Lipinski definition) is 2. The average molecular weight is 330 g/mol. The number of rotatable bonds is 2. The molecule has 1 aromatic carbocycles. The molecule has 1 saturated heterocycles. The Morgan fingerprint density at radius 1 is 1.18 bits per heavy atom. The van der Waals surface area contributed by atoms with E-state index >= 15 is 0 Å². The molecule has 22 heavy (non-hydrogen) atoms. The van der Waals surface area contributed by atoms with Gasteiger partial charge < -0.3 is 5.32 Å². The maximum absolute atomic E-state index is 12.7. The first-order valence-electron chi connectivity index (χ1n) is 7.08. The predicted molar refractivity (Wildman–Crippen MR) is 78.4 cm³/mol. The molecule has 1 fully saturated rings. The van der Waals surface area contributed by atoms with Gasteiger partial charge in [-0.1, -0.05) is 11.6 Å². The van der Waals surface area contributed by atoms with E-state index in [9.17, 15) is 13.2 Å². The Morgan fingerprint density at radius 3 is 2.55 bits per heavy atom. The summed E-state index contributed by atoms with van der Waals surface area (Å²) < 4.78 is 39.8. The summed E-state index contributed by atoms with van der Waals surface area (Å²) in [6.07, 6.45) is -0.788. The van der Waals surface area contributed by atoms with Crippen LogP contribution in [0.2, 0.25) is 5.02 Å². The van der Waals surface area contributed by atoms with E-state index < -0.39 is 11.7 Å². The smallest absolute Gasteiger partial charge is 0.317 e. The SMILES string of the molecule is FC(F)(F)c1ccc(-n2nccc2C2CCNCC2)c(Cl)c1. The fraction of sp³-hybridized carbons (Fsp3) is 0.400. The third-order valence-electron chi connectivity index (χ3n) is 3.93. The molecule has 3 rings (SSSR count). The van der Waals surface area contributed by atoms with Gasteiger partial charge in [0.15, 0.2) is 0 Å². The Hall–Kier alpha value is -1.53. The lowest BCUT2D eigenvalue weighted by Gasteiger charge is -2.23. The van der Waals surface area contributed by atoms with Gasteiger partial charge in [0.05, 0.1) is 16.3 Å². The molecule has 7 heteroatoms. The van der Waals surface area contributed by atoms with Crippen molar-refractivity contribution in [2.24, 2.45) is 0 Å². The zero-order valence-electron chi connectivity index (χ0n) is 11.7. The van der Waals surface area contributed by atoms with Crippen molar-refractivity contribution in [1.82, 2.24) is 15.1 Å². The maximum atomic E-state index is 12.7. The number of aromatic nitrogens is 2. The molecule has 1 aliphatic rings. The van der Waals surface area contributed by atoms with Gasteiger partial charge in [0, 0.05) is 17.8 Å². The number of benzene rings is 1. The normalized spacial score (nSPS) is 16.9. The Morgan fingerprint density at radius 2 is 1.91 bits per heavy atom. The molecular formula is C15H15ClF3N3. The summed E-state index contributed by atoms with van der Waals surface area (Å²) in [6, 6.07) is 5.27. The highest BCUT2D eigenvalue weighted by Gasteiger charge is 2.31.